The molecule has 0 atom stereocenters. The molecule has 2 aliphatic heterocycles. The van der Waals surface area contributed by atoms with E-state index in [9.17, 15) is 4.79 Å². The van der Waals surface area contributed by atoms with E-state index in [4.69, 9.17) is 0 Å². The van der Waals surface area contributed by atoms with E-state index < -0.39 is 0 Å². The lowest BCUT2D eigenvalue weighted by Gasteiger charge is -2.38. The van der Waals surface area contributed by atoms with Gasteiger partial charge in [-0.05, 0) is 55.9 Å². The quantitative estimate of drug-likeness (QED) is 0.533. The molecule has 206 valence electrons. The molecular formula is C32H52N4O. The van der Waals surface area contributed by atoms with Crippen molar-refractivity contribution in [2.75, 3.05) is 59.4 Å². The second-order valence-corrected chi connectivity index (χ2v) is 10.8. The lowest BCUT2D eigenvalue weighted by atomic mass is 9.96. The molecule has 0 unspecified atom stereocenters. The minimum atomic E-state index is 0.0251. The Labute approximate surface area is 227 Å². The summed E-state index contributed by atoms with van der Waals surface area (Å²) < 4.78 is 0. The van der Waals surface area contributed by atoms with Crippen LogP contribution in [0.3, 0.4) is 0 Å². The minimum Gasteiger partial charge on any atom is -0.339 e. The van der Waals surface area contributed by atoms with Crippen molar-refractivity contribution in [2.45, 2.75) is 53.5 Å². The van der Waals surface area contributed by atoms with Crippen molar-refractivity contribution in [3.05, 3.63) is 71.8 Å². The number of hydrogen-bond acceptors (Lipinski definition) is 4. The fraction of sp³-hybridized carbons (Fsp3) is 0.594. The van der Waals surface area contributed by atoms with E-state index in [-0.39, 0.29) is 11.9 Å². The number of nitrogens with zero attached hydrogens (tertiary/aromatic N) is 3. The van der Waals surface area contributed by atoms with Crippen molar-refractivity contribution in [3.63, 3.8) is 0 Å². The van der Waals surface area contributed by atoms with E-state index in [1.165, 1.54) is 43.6 Å². The summed E-state index contributed by atoms with van der Waals surface area (Å²) in [6.45, 7) is 18.2. The third-order valence-electron chi connectivity index (χ3n) is 6.80. The van der Waals surface area contributed by atoms with Gasteiger partial charge in [-0.1, -0.05) is 95.3 Å². The Bertz CT molecular complexity index is 799. The number of carbonyl (C=O) groups is 1. The normalized spacial score (nSPS) is 17.1. The van der Waals surface area contributed by atoms with Crippen LogP contribution in [0.2, 0.25) is 0 Å². The van der Waals surface area contributed by atoms with Crippen LogP contribution in [-0.4, -0.2) is 80.0 Å². The van der Waals surface area contributed by atoms with Crippen LogP contribution in [0.1, 0.15) is 64.6 Å². The molecule has 0 aromatic heterocycles. The molecule has 4 rings (SSSR count). The predicted molar refractivity (Wildman–Crippen MR) is 158 cm³/mol. The fourth-order valence-corrected chi connectivity index (χ4v) is 4.81. The number of piperidine rings is 1. The largest absolute Gasteiger partial charge is 0.339 e. The Morgan fingerprint density at radius 1 is 0.811 bits per heavy atom. The first kappa shape index (κ1) is 31.0. The highest BCUT2D eigenvalue weighted by Crippen LogP contribution is 2.22. The summed E-state index contributed by atoms with van der Waals surface area (Å²) in [7, 11) is 2.22. The highest BCUT2D eigenvalue weighted by atomic mass is 16.2. The first-order valence-electron chi connectivity index (χ1n) is 14.4. The van der Waals surface area contributed by atoms with Gasteiger partial charge in [-0.15, -0.1) is 0 Å². The maximum atomic E-state index is 12.9. The van der Waals surface area contributed by atoms with Crippen LogP contribution in [0.25, 0.3) is 0 Å². The highest BCUT2D eigenvalue weighted by molar-refractivity contribution is 5.78. The van der Waals surface area contributed by atoms with E-state index in [1.54, 1.807) is 0 Å². The molecule has 2 fully saturated rings. The second-order valence-electron chi connectivity index (χ2n) is 10.8. The Hall–Kier alpha value is -2.21. The first-order valence-corrected chi connectivity index (χ1v) is 14.4. The number of benzene rings is 2. The Morgan fingerprint density at radius 2 is 1.27 bits per heavy atom. The van der Waals surface area contributed by atoms with Gasteiger partial charge < -0.3 is 9.80 Å². The van der Waals surface area contributed by atoms with Crippen LogP contribution in [0, 0.1) is 11.8 Å². The van der Waals surface area contributed by atoms with Crippen LogP contribution in [-0.2, 0) is 4.79 Å². The van der Waals surface area contributed by atoms with Crippen molar-refractivity contribution < 1.29 is 4.79 Å². The Morgan fingerprint density at radius 3 is 1.73 bits per heavy atom. The standard InChI is InChI=1S/C26H36N4O.C4H10.C2H6/c1-28-14-12-22(13-15-28)21-29-16-18-30(19-17-29)25(31)20-27-26(23-8-4-2-5-9-23)24-10-6-3-7-11-24;1-4(2)3;1-2/h2-11,22,26-27H,12-21H2,1H3;4H,1-3H3;1-2H3. The van der Waals surface area contributed by atoms with Crippen LogP contribution in [0.5, 0.6) is 0 Å². The maximum Gasteiger partial charge on any atom is 0.236 e. The SMILES string of the molecule is CC.CC(C)C.CN1CCC(CN2CCN(C(=O)CNC(c3ccccc3)c3ccccc3)CC2)CC1. The van der Waals surface area contributed by atoms with Gasteiger partial charge in [0.25, 0.3) is 0 Å². The zero-order valence-corrected chi connectivity index (χ0v) is 24.3. The maximum absolute atomic E-state index is 12.9. The number of rotatable bonds is 7. The van der Waals surface area contributed by atoms with E-state index in [0.717, 1.165) is 38.0 Å². The summed E-state index contributed by atoms with van der Waals surface area (Å²) in [6.07, 6.45) is 2.61. The number of amides is 1. The molecule has 1 amide bonds. The van der Waals surface area contributed by atoms with Gasteiger partial charge in [0.1, 0.15) is 0 Å². The van der Waals surface area contributed by atoms with Gasteiger partial charge in [-0.2, -0.15) is 0 Å². The monoisotopic (exact) mass is 508 g/mol. The van der Waals surface area contributed by atoms with E-state index in [0.29, 0.717) is 6.54 Å². The summed E-state index contributed by atoms with van der Waals surface area (Å²) in [5, 5.41) is 3.52. The first-order chi connectivity index (χ1) is 17.9. The van der Waals surface area contributed by atoms with Crippen molar-refractivity contribution in [3.8, 4) is 0 Å². The van der Waals surface area contributed by atoms with Crippen molar-refractivity contribution in [2.24, 2.45) is 11.8 Å². The average molecular weight is 509 g/mol. The summed E-state index contributed by atoms with van der Waals surface area (Å²) in [4.78, 5) is 20.0. The lowest BCUT2D eigenvalue weighted by Crippen LogP contribution is -2.52. The summed E-state index contributed by atoms with van der Waals surface area (Å²) in [5.74, 6) is 1.86. The van der Waals surface area contributed by atoms with E-state index in [2.05, 4.69) is 91.5 Å². The van der Waals surface area contributed by atoms with Gasteiger partial charge in [0.15, 0.2) is 0 Å². The van der Waals surface area contributed by atoms with Crippen LogP contribution in [0.15, 0.2) is 60.7 Å². The average Bonchev–Trinajstić information content (AvgIpc) is 2.92. The number of nitrogens with one attached hydrogen (secondary N) is 1. The topological polar surface area (TPSA) is 38.8 Å². The molecule has 2 saturated heterocycles. The molecule has 37 heavy (non-hydrogen) atoms. The van der Waals surface area contributed by atoms with Crippen molar-refractivity contribution in [1.29, 1.82) is 0 Å². The second kappa shape index (κ2) is 17.3. The van der Waals surface area contributed by atoms with E-state index in [1.807, 2.05) is 30.9 Å². The Balaban J connectivity index is 0.000000733. The van der Waals surface area contributed by atoms with Gasteiger partial charge in [-0.3, -0.25) is 15.0 Å². The van der Waals surface area contributed by atoms with E-state index >= 15 is 0 Å². The van der Waals surface area contributed by atoms with Crippen molar-refractivity contribution in [1.82, 2.24) is 20.0 Å². The number of piperazine rings is 1. The molecule has 2 aliphatic rings. The van der Waals surface area contributed by atoms with Gasteiger partial charge in [0.2, 0.25) is 5.91 Å². The lowest BCUT2D eigenvalue weighted by molar-refractivity contribution is -0.132. The molecular weight excluding hydrogens is 456 g/mol. The molecule has 0 aliphatic carbocycles. The third kappa shape index (κ3) is 11.4. The van der Waals surface area contributed by atoms with Gasteiger partial charge in [0, 0.05) is 32.7 Å². The Kier molecular flexibility index (Phi) is 14.5. The van der Waals surface area contributed by atoms with Crippen molar-refractivity contribution >= 4 is 5.91 Å². The number of likely N-dealkylation sites (tertiary alicyclic amines) is 1. The minimum absolute atomic E-state index is 0.0251. The predicted octanol–water partition coefficient (Wildman–Crippen LogP) is 5.54. The molecule has 0 spiro atoms. The molecule has 1 N–H and O–H groups in total. The zero-order chi connectivity index (χ0) is 27.0. The molecule has 5 nitrogen and oxygen atoms in total. The van der Waals surface area contributed by atoms with Gasteiger partial charge in [0.05, 0.1) is 12.6 Å². The zero-order valence-electron chi connectivity index (χ0n) is 24.3. The molecule has 5 heteroatoms. The molecule has 0 radical (unpaired) electrons. The number of carbonyl (C=O) groups excluding carboxylic acids is 1. The summed E-state index contributed by atoms with van der Waals surface area (Å²) in [5.41, 5.74) is 2.37. The van der Waals surface area contributed by atoms with Crippen LogP contribution >= 0.6 is 0 Å². The molecule has 0 saturated carbocycles. The summed E-state index contributed by atoms with van der Waals surface area (Å²) in [6, 6.07) is 20.8. The summed E-state index contributed by atoms with van der Waals surface area (Å²) >= 11 is 0. The molecule has 2 heterocycles. The highest BCUT2D eigenvalue weighted by Gasteiger charge is 2.25. The van der Waals surface area contributed by atoms with Gasteiger partial charge in [-0.25, -0.2) is 0 Å². The fourth-order valence-electron chi connectivity index (χ4n) is 4.81. The molecule has 2 aromatic rings. The van der Waals surface area contributed by atoms with Crippen LogP contribution in [0.4, 0.5) is 0 Å². The number of hydrogen-bond donors (Lipinski definition) is 1. The molecule has 0 bridgehead atoms. The third-order valence-corrected chi connectivity index (χ3v) is 6.80. The smallest absolute Gasteiger partial charge is 0.236 e. The van der Waals surface area contributed by atoms with Crippen LogP contribution < -0.4 is 5.32 Å². The van der Waals surface area contributed by atoms with Gasteiger partial charge >= 0.3 is 0 Å². The molecule has 2 aromatic carbocycles.